The number of halogens is 1. The Morgan fingerprint density at radius 3 is 2.40 bits per heavy atom. The molecule has 0 unspecified atom stereocenters. The van der Waals surface area contributed by atoms with Crippen molar-refractivity contribution < 1.29 is 28.2 Å². The molecule has 3 aromatic carbocycles. The number of hydrogen-bond acceptors (Lipinski definition) is 6. The van der Waals surface area contributed by atoms with E-state index >= 15 is 0 Å². The quantitative estimate of drug-likeness (QED) is 0.258. The maximum absolute atomic E-state index is 14.0. The molecule has 1 aliphatic heterocycles. The first-order valence-corrected chi connectivity index (χ1v) is 11.9. The Morgan fingerprint density at radius 1 is 0.886 bits per heavy atom. The summed E-state index contributed by atoms with van der Waals surface area (Å²) in [7, 11) is 0. The molecule has 1 heterocycles. The molecule has 3 aromatic rings. The van der Waals surface area contributed by atoms with Crippen molar-refractivity contribution >= 4 is 29.0 Å². The van der Waals surface area contributed by atoms with Crippen LogP contribution in [0.1, 0.15) is 18.1 Å². The molecule has 0 bridgehead atoms. The molecular weight excluding hydrogens is 469 g/mol. The summed E-state index contributed by atoms with van der Waals surface area (Å²) in [6, 6.07) is 20.8. The van der Waals surface area contributed by atoms with Gasteiger partial charge in [-0.15, -0.1) is 0 Å². The number of para-hydroxylation sites is 1. The second-order valence-electron chi connectivity index (χ2n) is 7.51. The summed E-state index contributed by atoms with van der Waals surface area (Å²) in [6.45, 7) is 2.87. The summed E-state index contributed by atoms with van der Waals surface area (Å²) < 4.78 is 31.2. The molecule has 0 spiro atoms. The fraction of sp³-hybridized carbons (Fsp3) is 0.185. The van der Waals surface area contributed by atoms with Crippen LogP contribution in [0.3, 0.4) is 0 Å². The van der Waals surface area contributed by atoms with E-state index in [9.17, 15) is 14.0 Å². The van der Waals surface area contributed by atoms with E-state index in [1.165, 1.54) is 6.07 Å². The van der Waals surface area contributed by atoms with Crippen molar-refractivity contribution in [3.05, 3.63) is 94.6 Å². The average molecular weight is 494 g/mol. The molecule has 6 nitrogen and oxygen atoms in total. The van der Waals surface area contributed by atoms with Gasteiger partial charge in [-0.05, 0) is 60.7 Å². The van der Waals surface area contributed by atoms with E-state index in [2.05, 4.69) is 0 Å². The van der Waals surface area contributed by atoms with E-state index in [4.69, 9.17) is 14.2 Å². The molecule has 0 aliphatic carbocycles. The molecule has 8 heteroatoms. The minimum atomic E-state index is -0.459. The van der Waals surface area contributed by atoms with Crippen molar-refractivity contribution in [3.8, 4) is 17.2 Å². The molecule has 180 valence electrons. The number of nitrogens with zero attached hydrogens (tertiary/aromatic N) is 1. The van der Waals surface area contributed by atoms with Gasteiger partial charge in [-0.1, -0.05) is 42.5 Å². The van der Waals surface area contributed by atoms with E-state index < -0.39 is 17.0 Å². The van der Waals surface area contributed by atoms with Crippen molar-refractivity contribution in [2.45, 2.75) is 13.5 Å². The third kappa shape index (κ3) is 6.22. The Hall–Kier alpha value is -3.78. The lowest BCUT2D eigenvalue weighted by molar-refractivity contribution is -0.123. The van der Waals surface area contributed by atoms with Crippen molar-refractivity contribution in [3.63, 3.8) is 0 Å². The van der Waals surface area contributed by atoms with Crippen LogP contribution in [-0.4, -0.2) is 35.9 Å². The van der Waals surface area contributed by atoms with Crippen LogP contribution >= 0.6 is 11.8 Å². The minimum Gasteiger partial charge on any atom is -0.490 e. The molecule has 1 saturated heterocycles. The summed E-state index contributed by atoms with van der Waals surface area (Å²) in [6.07, 6.45) is 1.62. The van der Waals surface area contributed by atoms with Crippen LogP contribution in [0, 0.1) is 5.82 Å². The van der Waals surface area contributed by atoms with Gasteiger partial charge in [0, 0.05) is 5.56 Å². The summed E-state index contributed by atoms with van der Waals surface area (Å²) >= 11 is 0.827. The van der Waals surface area contributed by atoms with Gasteiger partial charge in [0.2, 0.25) is 0 Å². The van der Waals surface area contributed by atoms with Gasteiger partial charge >= 0.3 is 0 Å². The fourth-order valence-corrected chi connectivity index (χ4v) is 4.25. The Labute approximate surface area is 207 Å². The lowest BCUT2D eigenvalue weighted by Crippen LogP contribution is -2.27. The van der Waals surface area contributed by atoms with Crippen LogP contribution in [0.2, 0.25) is 0 Å². The van der Waals surface area contributed by atoms with Crippen LogP contribution in [0.15, 0.2) is 77.7 Å². The molecule has 0 aromatic heterocycles. The zero-order valence-corrected chi connectivity index (χ0v) is 19.9. The van der Waals surface area contributed by atoms with Gasteiger partial charge in [0.1, 0.15) is 24.8 Å². The highest BCUT2D eigenvalue weighted by Gasteiger charge is 2.35. The summed E-state index contributed by atoms with van der Waals surface area (Å²) in [5, 5.41) is -0.437. The molecule has 35 heavy (non-hydrogen) atoms. The van der Waals surface area contributed by atoms with Crippen molar-refractivity contribution in [2.24, 2.45) is 0 Å². The van der Waals surface area contributed by atoms with Gasteiger partial charge in [-0.3, -0.25) is 14.5 Å². The summed E-state index contributed by atoms with van der Waals surface area (Å²) in [5.41, 5.74) is 0.963. The van der Waals surface area contributed by atoms with E-state index in [1.54, 1.807) is 42.5 Å². The van der Waals surface area contributed by atoms with Gasteiger partial charge in [0.25, 0.3) is 11.1 Å². The van der Waals surface area contributed by atoms with Crippen molar-refractivity contribution in [1.29, 1.82) is 0 Å². The highest BCUT2D eigenvalue weighted by Crippen LogP contribution is 2.35. The average Bonchev–Trinajstić information content (AvgIpc) is 3.12. The lowest BCUT2D eigenvalue weighted by Gasteiger charge is -2.13. The topological polar surface area (TPSA) is 65.1 Å². The molecule has 1 fully saturated rings. The molecule has 0 atom stereocenters. The van der Waals surface area contributed by atoms with Crippen LogP contribution in [0.5, 0.6) is 17.2 Å². The van der Waals surface area contributed by atoms with Crippen LogP contribution < -0.4 is 14.2 Å². The second-order valence-corrected chi connectivity index (χ2v) is 8.50. The molecule has 2 amide bonds. The van der Waals surface area contributed by atoms with Gasteiger partial charge in [0.05, 0.1) is 18.1 Å². The first-order chi connectivity index (χ1) is 17.0. The third-order valence-corrected chi connectivity index (χ3v) is 5.99. The first-order valence-electron chi connectivity index (χ1n) is 11.1. The number of hydrogen-bond donors (Lipinski definition) is 0. The predicted molar refractivity (Wildman–Crippen MR) is 133 cm³/mol. The fourth-order valence-electron chi connectivity index (χ4n) is 3.41. The number of benzene rings is 3. The van der Waals surface area contributed by atoms with E-state index in [0.717, 1.165) is 22.4 Å². The van der Waals surface area contributed by atoms with Crippen LogP contribution in [0.25, 0.3) is 6.08 Å². The molecule has 0 saturated carbocycles. The Morgan fingerprint density at radius 2 is 1.63 bits per heavy atom. The molecule has 0 radical (unpaired) electrons. The number of carbonyl (C=O) groups is 2. The Bertz CT molecular complexity index is 1230. The molecule has 1 aliphatic rings. The van der Waals surface area contributed by atoms with Gasteiger partial charge < -0.3 is 14.2 Å². The van der Waals surface area contributed by atoms with E-state index in [-0.39, 0.29) is 17.0 Å². The predicted octanol–water partition coefficient (Wildman–Crippen LogP) is 5.92. The minimum absolute atomic E-state index is 0.114. The third-order valence-electron chi connectivity index (χ3n) is 5.08. The van der Waals surface area contributed by atoms with Crippen molar-refractivity contribution in [2.75, 3.05) is 19.8 Å². The number of imide groups is 1. The molecule has 0 N–H and O–H groups in total. The van der Waals surface area contributed by atoms with E-state index in [0.29, 0.717) is 36.9 Å². The van der Waals surface area contributed by atoms with E-state index in [1.807, 2.05) is 37.3 Å². The highest BCUT2D eigenvalue weighted by atomic mass is 32.2. The number of amides is 2. The lowest BCUT2D eigenvalue weighted by atomic mass is 10.1. The maximum atomic E-state index is 14.0. The standard InChI is InChI=1S/C27H24FNO5S/c1-2-32-24-16-19(12-13-23(24)34-15-14-33-21-9-4-3-5-10-21)17-25-26(30)29(27(31)35-25)18-20-8-6-7-11-22(20)28/h3-13,16-17H,2,14-15,18H2,1H3/b25-17-. The normalized spacial score (nSPS) is 14.5. The van der Waals surface area contributed by atoms with Gasteiger partial charge in [-0.2, -0.15) is 0 Å². The zero-order chi connectivity index (χ0) is 24.6. The second kappa shape index (κ2) is 11.6. The first kappa shape index (κ1) is 24.3. The Kier molecular flexibility index (Phi) is 8.05. The summed E-state index contributed by atoms with van der Waals surface area (Å²) in [4.78, 5) is 26.6. The number of thioether (sulfide) groups is 1. The van der Waals surface area contributed by atoms with Crippen LogP contribution in [-0.2, 0) is 11.3 Å². The SMILES string of the molecule is CCOc1cc(/C=C2\SC(=O)N(Cc3ccccc3F)C2=O)ccc1OCCOc1ccccc1. The maximum Gasteiger partial charge on any atom is 0.293 e. The highest BCUT2D eigenvalue weighted by molar-refractivity contribution is 8.18. The van der Waals surface area contributed by atoms with Gasteiger partial charge in [-0.25, -0.2) is 4.39 Å². The number of ether oxygens (including phenoxy) is 3. The Balaban J connectivity index is 1.43. The van der Waals surface area contributed by atoms with Crippen LogP contribution in [0.4, 0.5) is 9.18 Å². The van der Waals surface area contributed by atoms with Gasteiger partial charge in [0.15, 0.2) is 11.5 Å². The monoisotopic (exact) mass is 493 g/mol. The number of rotatable bonds is 10. The molecule has 4 rings (SSSR count). The largest absolute Gasteiger partial charge is 0.490 e. The number of carbonyl (C=O) groups excluding carboxylic acids is 2. The zero-order valence-electron chi connectivity index (χ0n) is 19.1. The smallest absolute Gasteiger partial charge is 0.293 e. The molecular formula is C27H24FNO5S. The summed E-state index contributed by atoms with van der Waals surface area (Å²) in [5.74, 6) is 0.918. The van der Waals surface area contributed by atoms with Crippen molar-refractivity contribution in [1.82, 2.24) is 4.90 Å².